The van der Waals surface area contributed by atoms with Gasteiger partial charge in [0.2, 0.25) is 0 Å². The molecule has 1 unspecified atom stereocenters. The highest BCUT2D eigenvalue weighted by Gasteiger charge is 2.06. The Morgan fingerprint density at radius 3 is 2.29 bits per heavy atom. The minimum Gasteiger partial charge on any atom is -0.310 e. The van der Waals surface area contributed by atoms with Gasteiger partial charge in [-0.05, 0) is 36.8 Å². The van der Waals surface area contributed by atoms with Crippen molar-refractivity contribution in [2.45, 2.75) is 59.5 Å². The molecule has 0 aliphatic rings. The highest BCUT2D eigenvalue weighted by Crippen LogP contribution is 2.12. The summed E-state index contributed by atoms with van der Waals surface area (Å²) in [6, 6.07) is 9.40. The average molecular weight is 233 g/mol. The molecule has 0 radical (unpaired) electrons. The molecule has 0 saturated carbocycles. The predicted octanol–water partition coefficient (Wildman–Crippen LogP) is 4.16. The maximum absolute atomic E-state index is 3.63. The fourth-order valence-electron chi connectivity index (χ4n) is 2.32. The molecule has 1 heteroatoms. The molecule has 0 saturated heterocycles. The van der Waals surface area contributed by atoms with Crippen molar-refractivity contribution in [2.75, 3.05) is 0 Å². The molecule has 0 aliphatic heterocycles. The van der Waals surface area contributed by atoms with E-state index in [1.807, 2.05) is 0 Å². The van der Waals surface area contributed by atoms with Crippen molar-refractivity contribution in [1.82, 2.24) is 5.32 Å². The molecule has 0 spiro atoms. The molecule has 0 fully saturated rings. The largest absolute Gasteiger partial charge is 0.310 e. The molecule has 1 aromatic rings. The summed E-state index contributed by atoms with van der Waals surface area (Å²) in [7, 11) is 0. The van der Waals surface area contributed by atoms with Gasteiger partial charge in [-0.25, -0.2) is 0 Å². The molecule has 0 amide bonds. The lowest BCUT2D eigenvalue weighted by Gasteiger charge is -2.17. The van der Waals surface area contributed by atoms with E-state index in [1.165, 1.54) is 30.4 Å². The number of hydrogen-bond acceptors (Lipinski definition) is 1. The van der Waals surface area contributed by atoms with Crippen LogP contribution >= 0.6 is 0 Å². The van der Waals surface area contributed by atoms with E-state index >= 15 is 0 Å². The number of hydrogen-bond donors (Lipinski definition) is 1. The Balaban J connectivity index is 2.50. The molecule has 0 heterocycles. The van der Waals surface area contributed by atoms with Crippen LogP contribution in [0.5, 0.6) is 0 Å². The lowest BCUT2D eigenvalue weighted by Crippen LogP contribution is -2.27. The molecule has 0 aromatic heterocycles. The summed E-state index contributed by atoms with van der Waals surface area (Å²) in [5.41, 5.74) is 2.96. The lowest BCUT2D eigenvalue weighted by atomic mass is 10.0. The Hall–Kier alpha value is -0.820. The summed E-state index contributed by atoms with van der Waals surface area (Å²) in [5.74, 6) is 0.767. The van der Waals surface area contributed by atoms with E-state index < -0.39 is 0 Å². The van der Waals surface area contributed by atoms with Crippen molar-refractivity contribution in [2.24, 2.45) is 5.92 Å². The quantitative estimate of drug-likeness (QED) is 0.745. The summed E-state index contributed by atoms with van der Waals surface area (Å²) in [4.78, 5) is 0. The minimum absolute atomic E-state index is 0.602. The monoisotopic (exact) mass is 233 g/mol. The van der Waals surface area contributed by atoms with Gasteiger partial charge in [0.15, 0.2) is 0 Å². The van der Waals surface area contributed by atoms with Crippen LogP contribution in [-0.2, 0) is 13.0 Å². The summed E-state index contributed by atoms with van der Waals surface area (Å²) in [6.45, 7) is 10.1. The molecule has 1 aromatic carbocycles. The van der Waals surface area contributed by atoms with Crippen LogP contribution in [0, 0.1) is 5.92 Å². The molecule has 0 bridgehead atoms. The van der Waals surface area contributed by atoms with Crippen LogP contribution in [0.3, 0.4) is 0 Å². The summed E-state index contributed by atoms with van der Waals surface area (Å²) in [5, 5.41) is 3.63. The van der Waals surface area contributed by atoms with Crippen LogP contribution in [0.25, 0.3) is 0 Å². The first-order chi connectivity index (χ1) is 8.13. The summed E-state index contributed by atoms with van der Waals surface area (Å²) in [6.07, 6.45) is 3.66. The van der Waals surface area contributed by atoms with E-state index in [9.17, 15) is 0 Å². The van der Waals surface area contributed by atoms with E-state index in [0.29, 0.717) is 6.04 Å². The zero-order chi connectivity index (χ0) is 12.7. The topological polar surface area (TPSA) is 12.0 Å². The first kappa shape index (κ1) is 14.2. The maximum atomic E-state index is 3.63. The molecule has 1 atom stereocenters. The van der Waals surface area contributed by atoms with Crippen LogP contribution < -0.4 is 5.32 Å². The van der Waals surface area contributed by atoms with E-state index in [4.69, 9.17) is 0 Å². The van der Waals surface area contributed by atoms with Crippen molar-refractivity contribution in [3.05, 3.63) is 35.4 Å². The lowest BCUT2D eigenvalue weighted by molar-refractivity contribution is 0.441. The van der Waals surface area contributed by atoms with Gasteiger partial charge in [0.1, 0.15) is 0 Å². The van der Waals surface area contributed by atoms with Crippen molar-refractivity contribution in [3.63, 3.8) is 0 Å². The van der Waals surface area contributed by atoms with Crippen molar-refractivity contribution in [3.8, 4) is 0 Å². The second-order valence-electron chi connectivity index (χ2n) is 5.43. The standard InChI is InChI=1S/C16H27N/c1-5-8-15-9-6-7-10-16(15)12-17-14(4)11-13(2)3/h6-7,9-10,13-14,17H,5,8,11-12H2,1-4H3. The van der Waals surface area contributed by atoms with Crippen LogP contribution in [0.2, 0.25) is 0 Å². The summed E-state index contributed by atoms with van der Waals surface area (Å²) < 4.78 is 0. The van der Waals surface area contributed by atoms with Crippen molar-refractivity contribution in [1.29, 1.82) is 0 Å². The van der Waals surface area contributed by atoms with Gasteiger partial charge in [-0.1, -0.05) is 51.5 Å². The molecule has 0 aliphatic carbocycles. The number of benzene rings is 1. The van der Waals surface area contributed by atoms with E-state index in [2.05, 4.69) is 57.3 Å². The molecule has 1 N–H and O–H groups in total. The SMILES string of the molecule is CCCc1ccccc1CNC(C)CC(C)C. The smallest absolute Gasteiger partial charge is 0.0210 e. The number of aryl methyl sites for hydroxylation is 1. The third-order valence-corrected chi connectivity index (χ3v) is 3.10. The summed E-state index contributed by atoms with van der Waals surface area (Å²) >= 11 is 0. The van der Waals surface area contributed by atoms with Gasteiger partial charge in [0.05, 0.1) is 0 Å². The molecule has 17 heavy (non-hydrogen) atoms. The highest BCUT2D eigenvalue weighted by atomic mass is 14.9. The van der Waals surface area contributed by atoms with Crippen molar-refractivity contribution < 1.29 is 0 Å². The highest BCUT2D eigenvalue weighted by molar-refractivity contribution is 5.27. The third kappa shape index (κ3) is 5.36. The Labute approximate surface area is 107 Å². The molecular formula is C16H27N. The Morgan fingerprint density at radius 2 is 1.71 bits per heavy atom. The van der Waals surface area contributed by atoms with E-state index in [1.54, 1.807) is 0 Å². The molecule has 96 valence electrons. The number of rotatable bonds is 7. The van der Waals surface area contributed by atoms with Gasteiger partial charge in [0.25, 0.3) is 0 Å². The molecular weight excluding hydrogens is 206 g/mol. The Bertz CT molecular complexity index is 317. The van der Waals surface area contributed by atoms with Crippen molar-refractivity contribution >= 4 is 0 Å². The van der Waals surface area contributed by atoms with Gasteiger partial charge < -0.3 is 5.32 Å². The van der Waals surface area contributed by atoms with Gasteiger partial charge in [-0.2, -0.15) is 0 Å². The van der Waals surface area contributed by atoms with E-state index in [-0.39, 0.29) is 0 Å². The van der Waals surface area contributed by atoms with Crippen LogP contribution in [-0.4, -0.2) is 6.04 Å². The van der Waals surface area contributed by atoms with E-state index in [0.717, 1.165) is 12.5 Å². The molecule has 1 nitrogen and oxygen atoms in total. The minimum atomic E-state index is 0.602. The predicted molar refractivity (Wildman–Crippen MR) is 76.2 cm³/mol. The zero-order valence-corrected chi connectivity index (χ0v) is 11.8. The second kappa shape index (κ2) is 7.50. The zero-order valence-electron chi connectivity index (χ0n) is 11.8. The van der Waals surface area contributed by atoms with Crippen LogP contribution in [0.15, 0.2) is 24.3 Å². The fraction of sp³-hybridized carbons (Fsp3) is 0.625. The second-order valence-corrected chi connectivity index (χ2v) is 5.43. The van der Waals surface area contributed by atoms with Crippen LogP contribution in [0.4, 0.5) is 0 Å². The first-order valence-electron chi connectivity index (χ1n) is 6.93. The first-order valence-corrected chi connectivity index (χ1v) is 6.93. The fourth-order valence-corrected chi connectivity index (χ4v) is 2.32. The van der Waals surface area contributed by atoms with Gasteiger partial charge >= 0.3 is 0 Å². The Morgan fingerprint density at radius 1 is 1.06 bits per heavy atom. The molecule has 1 rings (SSSR count). The number of nitrogens with one attached hydrogen (secondary N) is 1. The van der Waals surface area contributed by atoms with Gasteiger partial charge in [0, 0.05) is 12.6 Å². The maximum Gasteiger partial charge on any atom is 0.0210 e. The van der Waals surface area contributed by atoms with Crippen LogP contribution in [0.1, 0.15) is 51.7 Å². The third-order valence-electron chi connectivity index (χ3n) is 3.10. The van der Waals surface area contributed by atoms with Gasteiger partial charge in [-0.3, -0.25) is 0 Å². The normalized spacial score (nSPS) is 13.0. The average Bonchev–Trinajstić information content (AvgIpc) is 2.27. The van der Waals surface area contributed by atoms with Gasteiger partial charge in [-0.15, -0.1) is 0 Å². The Kier molecular flexibility index (Phi) is 6.28.